The molecule has 0 bridgehead atoms. The molecule has 2 rings (SSSR count). The van der Waals surface area contributed by atoms with Crippen molar-refractivity contribution in [2.45, 2.75) is 47.0 Å². The van der Waals surface area contributed by atoms with Crippen LogP contribution in [0.25, 0.3) is 0 Å². The van der Waals surface area contributed by atoms with Crippen LogP contribution in [0.5, 0.6) is 0 Å². The number of guanidine groups is 1. The molecule has 0 saturated carbocycles. The van der Waals surface area contributed by atoms with Gasteiger partial charge in [0.05, 0.1) is 23.2 Å². The Kier molecular flexibility index (Phi) is 10.4. The van der Waals surface area contributed by atoms with Crippen LogP contribution in [-0.4, -0.2) is 54.6 Å². The Morgan fingerprint density at radius 1 is 1.42 bits per heavy atom. The van der Waals surface area contributed by atoms with Crippen molar-refractivity contribution in [2.24, 2.45) is 10.9 Å². The summed E-state index contributed by atoms with van der Waals surface area (Å²) in [5, 5.41) is 4.47. The maximum absolute atomic E-state index is 12.0. The molecule has 1 aromatic rings. The average Bonchev–Trinajstić information content (AvgIpc) is 2.92. The zero-order valence-corrected chi connectivity index (χ0v) is 19.4. The fourth-order valence-electron chi connectivity index (χ4n) is 3.12. The van der Waals surface area contributed by atoms with Gasteiger partial charge in [0.2, 0.25) is 0 Å². The number of ether oxygens (including phenoxy) is 1. The molecule has 1 fully saturated rings. The number of piperidine rings is 1. The first-order chi connectivity index (χ1) is 12.0. The molecule has 0 radical (unpaired) electrons. The number of nitrogens with one attached hydrogen (secondary N) is 1. The highest BCUT2D eigenvalue weighted by Gasteiger charge is 2.28. The minimum atomic E-state index is -0.0844. The fourth-order valence-corrected chi connectivity index (χ4v) is 4.04. The van der Waals surface area contributed by atoms with Crippen molar-refractivity contribution in [2.75, 3.05) is 32.8 Å². The van der Waals surface area contributed by atoms with Crippen molar-refractivity contribution >= 4 is 47.2 Å². The maximum atomic E-state index is 12.0. The van der Waals surface area contributed by atoms with Crippen molar-refractivity contribution < 1.29 is 9.53 Å². The predicted octanol–water partition coefficient (Wildman–Crippen LogP) is 3.16. The highest BCUT2D eigenvalue weighted by Crippen LogP contribution is 2.19. The van der Waals surface area contributed by atoms with Crippen molar-refractivity contribution in [1.82, 2.24) is 15.2 Å². The lowest BCUT2D eigenvalue weighted by Gasteiger charge is -2.34. The Bertz CT molecular complexity index is 606. The number of likely N-dealkylation sites (tertiary alicyclic amines) is 1. The monoisotopic (exact) mass is 494 g/mol. The molecule has 1 aliphatic heterocycles. The molecule has 6 nitrogen and oxygen atoms in total. The number of nitrogens with zero attached hydrogens (tertiary/aromatic N) is 3. The van der Waals surface area contributed by atoms with Gasteiger partial charge in [0.1, 0.15) is 0 Å². The van der Waals surface area contributed by atoms with E-state index in [9.17, 15) is 4.79 Å². The van der Waals surface area contributed by atoms with E-state index in [-0.39, 0.29) is 35.9 Å². The number of thiazole rings is 1. The average molecular weight is 494 g/mol. The summed E-state index contributed by atoms with van der Waals surface area (Å²) in [6, 6.07) is 0. The van der Waals surface area contributed by atoms with E-state index in [0.717, 1.165) is 55.6 Å². The van der Waals surface area contributed by atoms with E-state index in [0.29, 0.717) is 13.2 Å². The van der Waals surface area contributed by atoms with Crippen LogP contribution in [0, 0.1) is 19.8 Å². The maximum Gasteiger partial charge on any atom is 0.310 e. The van der Waals surface area contributed by atoms with Crippen LogP contribution in [0.3, 0.4) is 0 Å². The van der Waals surface area contributed by atoms with Crippen molar-refractivity contribution in [3.63, 3.8) is 0 Å². The Balaban J connectivity index is 0.00000338. The van der Waals surface area contributed by atoms with Crippen LogP contribution in [0.4, 0.5) is 0 Å². The molecule has 2 heterocycles. The van der Waals surface area contributed by atoms with Gasteiger partial charge in [-0.3, -0.25) is 9.79 Å². The van der Waals surface area contributed by atoms with Gasteiger partial charge in [-0.25, -0.2) is 4.98 Å². The summed E-state index contributed by atoms with van der Waals surface area (Å²) in [4.78, 5) is 24.8. The zero-order valence-electron chi connectivity index (χ0n) is 16.2. The molecule has 0 aromatic carbocycles. The Morgan fingerprint density at radius 2 is 2.19 bits per heavy atom. The fraction of sp³-hybridized carbons (Fsp3) is 0.722. The normalized spacial score (nSPS) is 17.6. The first-order valence-electron chi connectivity index (χ1n) is 9.17. The third kappa shape index (κ3) is 6.68. The van der Waals surface area contributed by atoms with Gasteiger partial charge < -0.3 is 15.0 Å². The summed E-state index contributed by atoms with van der Waals surface area (Å²) in [6.45, 7) is 11.6. The summed E-state index contributed by atoms with van der Waals surface area (Å²) in [5.41, 5.74) is 1.11. The van der Waals surface area contributed by atoms with Crippen LogP contribution >= 0.6 is 35.3 Å². The van der Waals surface area contributed by atoms with Crippen LogP contribution in [-0.2, 0) is 16.0 Å². The topological polar surface area (TPSA) is 66.8 Å². The third-order valence-electron chi connectivity index (χ3n) is 4.28. The smallest absolute Gasteiger partial charge is 0.310 e. The van der Waals surface area contributed by atoms with Crippen LogP contribution in [0.1, 0.15) is 42.3 Å². The van der Waals surface area contributed by atoms with Gasteiger partial charge in [0.25, 0.3) is 0 Å². The Labute approximate surface area is 177 Å². The Hall–Kier alpha value is -0.900. The predicted molar refractivity (Wildman–Crippen MR) is 118 cm³/mol. The molecule has 26 heavy (non-hydrogen) atoms. The van der Waals surface area contributed by atoms with Crippen LogP contribution in [0.15, 0.2) is 4.99 Å². The van der Waals surface area contributed by atoms with E-state index in [1.165, 1.54) is 4.88 Å². The van der Waals surface area contributed by atoms with E-state index in [1.807, 2.05) is 13.8 Å². The first kappa shape index (κ1) is 23.1. The lowest BCUT2D eigenvalue weighted by molar-refractivity contribution is -0.149. The van der Waals surface area contributed by atoms with Gasteiger partial charge in [0.15, 0.2) is 5.96 Å². The first-order valence-corrected chi connectivity index (χ1v) is 9.99. The molecule has 148 valence electrons. The zero-order chi connectivity index (χ0) is 18.2. The number of hydrogen-bond donors (Lipinski definition) is 1. The molecule has 1 atom stereocenters. The van der Waals surface area contributed by atoms with E-state index in [1.54, 1.807) is 11.3 Å². The van der Waals surface area contributed by atoms with Gasteiger partial charge in [-0.2, -0.15) is 0 Å². The van der Waals surface area contributed by atoms with Gasteiger partial charge in [-0.05, 0) is 40.5 Å². The lowest BCUT2D eigenvalue weighted by Crippen LogP contribution is -2.48. The number of hydrogen-bond acceptors (Lipinski definition) is 5. The number of aliphatic imine (C=N–C) groups is 1. The number of halogens is 1. The quantitative estimate of drug-likeness (QED) is 0.285. The summed E-state index contributed by atoms with van der Waals surface area (Å²) in [6.07, 6.45) is 2.79. The number of esters is 1. The molecule has 1 N–H and O–H groups in total. The number of rotatable bonds is 6. The van der Waals surface area contributed by atoms with Gasteiger partial charge in [-0.15, -0.1) is 35.3 Å². The minimum Gasteiger partial charge on any atom is -0.466 e. The second kappa shape index (κ2) is 11.7. The van der Waals surface area contributed by atoms with E-state index in [4.69, 9.17) is 9.73 Å². The van der Waals surface area contributed by atoms with E-state index in [2.05, 4.69) is 29.0 Å². The SMILES string of the molecule is CCNC(=NCCc1sc(C)nc1C)N1CCCC(C(=O)OCC)C1.I. The second-order valence-corrected chi connectivity index (χ2v) is 7.55. The van der Waals surface area contributed by atoms with Gasteiger partial charge in [-0.1, -0.05) is 0 Å². The molecule has 1 unspecified atom stereocenters. The number of carbonyl (C=O) groups is 1. The van der Waals surface area contributed by atoms with Crippen molar-refractivity contribution in [3.8, 4) is 0 Å². The van der Waals surface area contributed by atoms with Crippen molar-refractivity contribution in [3.05, 3.63) is 15.6 Å². The number of carbonyl (C=O) groups excluding carboxylic acids is 1. The molecule has 0 amide bonds. The number of aromatic nitrogens is 1. The molecule has 0 aliphatic carbocycles. The van der Waals surface area contributed by atoms with Crippen molar-refractivity contribution in [1.29, 1.82) is 0 Å². The van der Waals surface area contributed by atoms with Crippen LogP contribution in [0.2, 0.25) is 0 Å². The molecule has 1 saturated heterocycles. The molecule has 1 aromatic heterocycles. The standard InChI is InChI=1S/C18H30N4O2S.HI/c1-5-19-18(20-10-9-16-13(3)21-14(4)25-16)22-11-7-8-15(12-22)17(23)24-6-2;/h15H,5-12H2,1-4H3,(H,19,20);1H. The molecule has 0 spiro atoms. The summed E-state index contributed by atoms with van der Waals surface area (Å²) in [7, 11) is 0. The molecular formula is C18H31IN4O2S. The van der Waals surface area contributed by atoms with Gasteiger partial charge in [0, 0.05) is 37.5 Å². The largest absolute Gasteiger partial charge is 0.466 e. The molecule has 8 heteroatoms. The minimum absolute atomic E-state index is 0. The Morgan fingerprint density at radius 3 is 2.81 bits per heavy atom. The third-order valence-corrected chi connectivity index (χ3v) is 5.41. The summed E-state index contributed by atoms with van der Waals surface area (Å²) < 4.78 is 5.19. The highest BCUT2D eigenvalue weighted by atomic mass is 127. The van der Waals surface area contributed by atoms with E-state index < -0.39 is 0 Å². The molecular weight excluding hydrogens is 463 g/mol. The highest BCUT2D eigenvalue weighted by molar-refractivity contribution is 14.0. The van der Waals surface area contributed by atoms with E-state index >= 15 is 0 Å². The van der Waals surface area contributed by atoms with Crippen LogP contribution < -0.4 is 5.32 Å². The molecule has 1 aliphatic rings. The summed E-state index contributed by atoms with van der Waals surface area (Å²) in [5.74, 6) is 0.762. The van der Waals surface area contributed by atoms with Gasteiger partial charge >= 0.3 is 5.97 Å². The second-order valence-electron chi connectivity index (χ2n) is 6.26. The summed E-state index contributed by atoms with van der Waals surface area (Å²) >= 11 is 1.75. The lowest BCUT2D eigenvalue weighted by atomic mass is 9.98. The number of aryl methyl sites for hydroxylation is 2.